The van der Waals surface area contributed by atoms with Gasteiger partial charge in [0.25, 0.3) is 0 Å². The number of nitrogens with zero attached hydrogens (tertiary/aromatic N) is 4. The number of hydrogen-bond acceptors (Lipinski definition) is 3. The quantitative estimate of drug-likeness (QED) is 0.938. The number of hydrogen-bond donors (Lipinski definition) is 1. The Morgan fingerprint density at radius 3 is 2.91 bits per heavy atom. The second-order valence-corrected chi connectivity index (χ2v) is 8.27. The monoisotopic (exact) mass is 333 g/mol. The molecule has 3 heterocycles. The molecule has 6 heteroatoms. The average molecular weight is 334 g/mol. The van der Waals surface area contributed by atoms with Crippen molar-refractivity contribution in [2.45, 2.75) is 52.1 Å². The van der Waals surface area contributed by atoms with Gasteiger partial charge in [-0.15, -0.1) is 0 Å². The first-order chi connectivity index (χ1) is 10.9. The number of nitrogens with one attached hydrogen (secondary N) is 1. The smallest absolute Gasteiger partial charge is 0.155 e. The predicted octanol–water partition coefficient (Wildman–Crippen LogP) is 3.26. The van der Waals surface area contributed by atoms with Gasteiger partial charge < -0.3 is 0 Å². The summed E-state index contributed by atoms with van der Waals surface area (Å²) in [7, 11) is 2.04. The molecule has 124 valence electrons. The maximum absolute atomic E-state index is 6.37. The third-order valence-electron chi connectivity index (χ3n) is 5.06. The molecule has 0 spiro atoms. The maximum atomic E-state index is 6.37. The Balaban J connectivity index is 1.63. The number of rotatable bonds is 3. The van der Waals surface area contributed by atoms with Crippen molar-refractivity contribution in [2.75, 3.05) is 6.54 Å². The van der Waals surface area contributed by atoms with Crippen LogP contribution in [0.4, 0.5) is 0 Å². The van der Waals surface area contributed by atoms with Gasteiger partial charge in [0, 0.05) is 55.1 Å². The van der Waals surface area contributed by atoms with Crippen LogP contribution < -0.4 is 0 Å². The summed E-state index contributed by atoms with van der Waals surface area (Å²) >= 11 is 6.37. The Bertz CT molecular complexity index is 725. The van der Waals surface area contributed by atoms with Crippen molar-refractivity contribution in [1.29, 1.82) is 0 Å². The molecule has 0 bridgehead atoms. The highest BCUT2D eigenvalue weighted by molar-refractivity contribution is 6.30. The van der Waals surface area contributed by atoms with Crippen molar-refractivity contribution in [3.63, 3.8) is 0 Å². The largest absolute Gasteiger partial charge is 0.294 e. The van der Waals surface area contributed by atoms with Gasteiger partial charge in [-0.25, -0.2) is 0 Å². The van der Waals surface area contributed by atoms with Crippen LogP contribution in [0, 0.1) is 5.41 Å². The molecule has 0 aromatic carbocycles. The van der Waals surface area contributed by atoms with E-state index in [1.54, 1.807) is 0 Å². The number of fused-ring (bicyclic) bond motifs is 1. The fourth-order valence-electron chi connectivity index (χ4n) is 3.83. The molecule has 1 fully saturated rings. The minimum atomic E-state index is 0.217. The highest BCUT2D eigenvalue weighted by Crippen LogP contribution is 2.42. The number of H-pyrrole nitrogens is 1. The zero-order chi connectivity index (χ0) is 16.2. The lowest BCUT2D eigenvalue weighted by atomic mass is 9.87. The fourth-order valence-corrected chi connectivity index (χ4v) is 4.03. The molecule has 23 heavy (non-hydrogen) atoms. The molecule has 1 N–H and O–H groups in total. The molecular formula is C17H24ClN5. The first-order valence-corrected chi connectivity index (χ1v) is 8.75. The average Bonchev–Trinajstić information content (AvgIpc) is 3.20. The van der Waals surface area contributed by atoms with Crippen LogP contribution in [-0.4, -0.2) is 31.4 Å². The second kappa shape index (κ2) is 5.35. The lowest BCUT2D eigenvalue weighted by molar-refractivity contribution is 0.172. The lowest BCUT2D eigenvalue weighted by Gasteiger charge is -2.29. The molecular weight excluding hydrogens is 310 g/mol. The zero-order valence-electron chi connectivity index (χ0n) is 14.1. The van der Waals surface area contributed by atoms with Gasteiger partial charge in [-0.3, -0.25) is 14.7 Å². The van der Waals surface area contributed by atoms with Gasteiger partial charge in [-0.05, 0) is 24.7 Å². The van der Waals surface area contributed by atoms with Gasteiger partial charge in [0.2, 0.25) is 0 Å². The van der Waals surface area contributed by atoms with E-state index in [4.69, 9.17) is 11.6 Å². The highest BCUT2D eigenvalue weighted by Gasteiger charge is 2.33. The van der Waals surface area contributed by atoms with Crippen LogP contribution in [0.2, 0.25) is 5.15 Å². The first-order valence-electron chi connectivity index (χ1n) is 8.38. The van der Waals surface area contributed by atoms with Crippen molar-refractivity contribution in [3.05, 3.63) is 33.9 Å². The van der Waals surface area contributed by atoms with Crippen molar-refractivity contribution < 1.29 is 0 Å². The third-order valence-corrected chi connectivity index (χ3v) is 5.37. The van der Waals surface area contributed by atoms with Crippen LogP contribution in [0.5, 0.6) is 0 Å². The van der Waals surface area contributed by atoms with Crippen LogP contribution in [-0.2, 0) is 26.6 Å². The second-order valence-electron chi connectivity index (χ2n) is 7.91. The zero-order valence-corrected chi connectivity index (χ0v) is 14.8. The van der Waals surface area contributed by atoms with Crippen molar-refractivity contribution >= 4 is 11.6 Å². The SMILES string of the molecule is Cn1ncc2c1CC(C)(C)CN(Cc1c(Cl)n[nH]c1C1CC1)C2. The van der Waals surface area contributed by atoms with Crippen molar-refractivity contribution in [2.24, 2.45) is 12.5 Å². The molecule has 0 radical (unpaired) electrons. The van der Waals surface area contributed by atoms with E-state index in [2.05, 4.69) is 34.0 Å². The molecule has 0 atom stereocenters. The molecule has 0 unspecified atom stereocenters. The standard InChI is InChI=1S/C17H24ClN5/c1-17(2)6-14-12(7-19-22(14)3)8-23(10-17)9-13-15(11-4-5-11)20-21-16(13)18/h7,11H,4-6,8-10H2,1-3H3,(H,20,21). The van der Waals surface area contributed by atoms with Crippen LogP contribution in [0.25, 0.3) is 0 Å². The van der Waals surface area contributed by atoms with E-state index in [9.17, 15) is 0 Å². The van der Waals surface area contributed by atoms with Crippen molar-refractivity contribution in [1.82, 2.24) is 24.9 Å². The van der Waals surface area contributed by atoms with Gasteiger partial charge in [-0.2, -0.15) is 10.2 Å². The summed E-state index contributed by atoms with van der Waals surface area (Å²) in [5, 5.41) is 12.5. The van der Waals surface area contributed by atoms with Gasteiger partial charge in [0.15, 0.2) is 5.15 Å². The molecule has 0 amide bonds. The van der Waals surface area contributed by atoms with E-state index in [0.29, 0.717) is 11.1 Å². The summed E-state index contributed by atoms with van der Waals surface area (Å²) in [6, 6.07) is 0. The van der Waals surface area contributed by atoms with E-state index in [0.717, 1.165) is 26.1 Å². The summed E-state index contributed by atoms with van der Waals surface area (Å²) in [5.41, 5.74) is 5.36. The van der Waals surface area contributed by atoms with Gasteiger partial charge in [0.1, 0.15) is 0 Å². The molecule has 0 saturated heterocycles. The summed E-state index contributed by atoms with van der Waals surface area (Å²) in [6.45, 7) is 7.51. The maximum Gasteiger partial charge on any atom is 0.155 e. The van der Waals surface area contributed by atoms with E-state index in [1.165, 1.54) is 35.4 Å². The van der Waals surface area contributed by atoms with E-state index < -0.39 is 0 Å². The Hall–Kier alpha value is -1.33. The topological polar surface area (TPSA) is 49.7 Å². The molecule has 1 saturated carbocycles. The molecule has 2 aliphatic rings. The lowest BCUT2D eigenvalue weighted by Crippen LogP contribution is -2.33. The normalized spacial score (nSPS) is 21.2. The Morgan fingerprint density at radius 2 is 2.17 bits per heavy atom. The Kier molecular flexibility index (Phi) is 3.54. The number of aromatic nitrogens is 4. The van der Waals surface area contributed by atoms with Crippen LogP contribution in [0.1, 0.15) is 55.1 Å². The summed E-state index contributed by atoms with van der Waals surface area (Å²) in [4.78, 5) is 2.50. The van der Waals surface area contributed by atoms with Crippen LogP contribution in [0.15, 0.2) is 6.20 Å². The predicted molar refractivity (Wildman–Crippen MR) is 90.4 cm³/mol. The number of halogens is 1. The van der Waals surface area contributed by atoms with E-state index in [-0.39, 0.29) is 5.41 Å². The van der Waals surface area contributed by atoms with E-state index >= 15 is 0 Å². The molecule has 2 aromatic rings. The van der Waals surface area contributed by atoms with Crippen LogP contribution in [0.3, 0.4) is 0 Å². The van der Waals surface area contributed by atoms with Gasteiger partial charge >= 0.3 is 0 Å². The van der Waals surface area contributed by atoms with Crippen molar-refractivity contribution in [3.8, 4) is 0 Å². The summed E-state index contributed by atoms with van der Waals surface area (Å²) in [5.74, 6) is 0.638. The first kappa shape index (κ1) is 15.2. The molecule has 4 rings (SSSR count). The minimum Gasteiger partial charge on any atom is -0.294 e. The summed E-state index contributed by atoms with van der Waals surface area (Å²) in [6.07, 6.45) is 5.58. The molecule has 1 aliphatic heterocycles. The minimum absolute atomic E-state index is 0.217. The van der Waals surface area contributed by atoms with Crippen LogP contribution >= 0.6 is 11.6 Å². The summed E-state index contributed by atoms with van der Waals surface area (Å²) < 4.78 is 2.03. The number of aryl methyl sites for hydroxylation is 1. The molecule has 1 aliphatic carbocycles. The highest BCUT2D eigenvalue weighted by atomic mass is 35.5. The fraction of sp³-hybridized carbons (Fsp3) is 0.647. The Labute approximate surface area is 142 Å². The molecule has 5 nitrogen and oxygen atoms in total. The molecule has 2 aromatic heterocycles. The Morgan fingerprint density at radius 1 is 1.39 bits per heavy atom. The van der Waals surface area contributed by atoms with Gasteiger partial charge in [-0.1, -0.05) is 25.4 Å². The van der Waals surface area contributed by atoms with E-state index in [1.807, 2.05) is 17.9 Å². The van der Waals surface area contributed by atoms with Gasteiger partial charge in [0.05, 0.1) is 6.20 Å². The third kappa shape index (κ3) is 2.92. The number of aromatic amines is 1.